The molecule has 2 heterocycles. The number of thiophene rings is 1. The number of nitriles is 1. The number of rotatable bonds is 3. The van der Waals surface area contributed by atoms with Crippen LogP contribution in [0.4, 0.5) is 5.13 Å². The van der Waals surface area contributed by atoms with Gasteiger partial charge in [-0.1, -0.05) is 0 Å². The van der Waals surface area contributed by atoms with E-state index in [1.54, 1.807) is 6.20 Å². The molecule has 4 nitrogen and oxygen atoms in total. The molecule has 0 fully saturated rings. The van der Waals surface area contributed by atoms with Gasteiger partial charge in [-0.05, 0) is 12.1 Å². The van der Waals surface area contributed by atoms with Gasteiger partial charge in [-0.25, -0.2) is 4.98 Å². The van der Waals surface area contributed by atoms with Crippen LogP contribution in [-0.2, 0) is 11.2 Å². The smallest absolute Gasteiger partial charge is 0.223 e. The number of hydrogen-bond acceptors (Lipinski definition) is 5. The highest BCUT2D eigenvalue weighted by molar-refractivity contribution is 7.16. The van der Waals surface area contributed by atoms with E-state index in [9.17, 15) is 4.79 Å². The highest BCUT2D eigenvalue weighted by atomic mass is 32.1. The van der Waals surface area contributed by atoms with Crippen molar-refractivity contribution in [3.8, 4) is 6.07 Å². The molecular weight excluding hydrogens is 254 g/mol. The van der Waals surface area contributed by atoms with Gasteiger partial charge in [-0.2, -0.15) is 5.26 Å². The normalized spacial score (nSPS) is 9.88. The second kappa shape index (κ2) is 5.08. The predicted molar refractivity (Wildman–Crippen MR) is 68.3 cm³/mol. The number of nitrogens with zero attached hydrogens (tertiary/aromatic N) is 2. The van der Waals surface area contributed by atoms with Crippen molar-refractivity contribution >= 4 is 33.7 Å². The Bertz CT molecular complexity index is 580. The predicted octanol–water partition coefficient (Wildman–Crippen LogP) is 2.63. The minimum absolute atomic E-state index is 0.117. The van der Waals surface area contributed by atoms with Crippen LogP contribution in [0.3, 0.4) is 0 Å². The lowest BCUT2D eigenvalue weighted by Crippen LogP contribution is -2.04. The van der Waals surface area contributed by atoms with Crippen molar-refractivity contribution in [2.45, 2.75) is 13.3 Å². The van der Waals surface area contributed by atoms with Crippen LogP contribution in [0.15, 0.2) is 18.3 Å². The van der Waals surface area contributed by atoms with Crippen molar-refractivity contribution in [2.75, 3.05) is 5.32 Å². The summed E-state index contributed by atoms with van der Waals surface area (Å²) >= 11 is 2.93. The molecule has 0 aliphatic heterocycles. The van der Waals surface area contributed by atoms with Crippen LogP contribution in [0, 0.1) is 11.3 Å². The zero-order valence-electron chi connectivity index (χ0n) is 9.06. The summed E-state index contributed by atoms with van der Waals surface area (Å²) in [6.07, 6.45) is 2.51. The monoisotopic (exact) mass is 263 g/mol. The molecule has 0 aliphatic rings. The Labute approximate surface area is 107 Å². The van der Waals surface area contributed by atoms with Crippen molar-refractivity contribution in [1.82, 2.24) is 4.98 Å². The minimum Gasteiger partial charge on any atom is -0.302 e. The maximum atomic E-state index is 10.8. The first-order valence-corrected chi connectivity index (χ1v) is 6.52. The first-order valence-electron chi connectivity index (χ1n) is 4.88. The van der Waals surface area contributed by atoms with E-state index in [1.165, 1.54) is 29.6 Å². The van der Waals surface area contributed by atoms with Crippen LogP contribution in [0.25, 0.3) is 0 Å². The summed E-state index contributed by atoms with van der Waals surface area (Å²) in [5, 5.41) is 12.0. The van der Waals surface area contributed by atoms with Crippen LogP contribution in [0.2, 0.25) is 0 Å². The van der Waals surface area contributed by atoms with Gasteiger partial charge in [-0.3, -0.25) is 4.79 Å². The molecule has 2 aromatic rings. The van der Waals surface area contributed by atoms with E-state index in [-0.39, 0.29) is 5.91 Å². The summed E-state index contributed by atoms with van der Waals surface area (Å²) in [6, 6.07) is 5.87. The number of amides is 1. The van der Waals surface area contributed by atoms with Crippen LogP contribution in [0.5, 0.6) is 0 Å². The van der Waals surface area contributed by atoms with E-state index in [4.69, 9.17) is 5.26 Å². The Balaban J connectivity index is 2.06. The number of nitrogens with one attached hydrogen (secondary N) is 1. The number of anilines is 1. The fourth-order valence-corrected chi connectivity index (χ4v) is 3.10. The molecule has 0 unspecified atom stereocenters. The lowest BCUT2D eigenvalue weighted by molar-refractivity contribution is -0.114. The molecule has 17 heavy (non-hydrogen) atoms. The standard InChI is InChI=1S/C11H9N3OS2/c1-7(15)14-11-13-6-10(17-11)4-8-2-3-9(5-12)16-8/h2-3,6H,4H2,1H3,(H,13,14,15). The first kappa shape index (κ1) is 11.8. The molecule has 0 spiro atoms. The molecule has 2 aromatic heterocycles. The summed E-state index contributed by atoms with van der Waals surface area (Å²) in [5.41, 5.74) is 0. The molecule has 0 saturated carbocycles. The van der Waals surface area contributed by atoms with Gasteiger partial charge in [0.15, 0.2) is 5.13 Å². The fraction of sp³-hybridized carbons (Fsp3) is 0.182. The summed E-state index contributed by atoms with van der Waals surface area (Å²) < 4.78 is 0. The van der Waals surface area contributed by atoms with E-state index in [0.29, 0.717) is 10.0 Å². The van der Waals surface area contributed by atoms with Crippen molar-refractivity contribution in [3.63, 3.8) is 0 Å². The van der Waals surface area contributed by atoms with Gasteiger partial charge in [0.05, 0.1) is 0 Å². The summed E-state index contributed by atoms with van der Waals surface area (Å²) in [7, 11) is 0. The number of aromatic nitrogens is 1. The van der Waals surface area contributed by atoms with Crippen LogP contribution in [-0.4, -0.2) is 10.9 Å². The molecule has 2 rings (SSSR count). The zero-order chi connectivity index (χ0) is 12.3. The van der Waals surface area contributed by atoms with Crippen LogP contribution >= 0.6 is 22.7 Å². The summed E-state index contributed by atoms with van der Waals surface area (Å²) in [5.74, 6) is -0.117. The average Bonchev–Trinajstić information content (AvgIpc) is 2.88. The average molecular weight is 263 g/mol. The lowest BCUT2D eigenvalue weighted by atomic mass is 10.3. The third kappa shape index (κ3) is 3.12. The van der Waals surface area contributed by atoms with Gasteiger partial charge in [0.25, 0.3) is 0 Å². The second-order valence-electron chi connectivity index (χ2n) is 3.37. The van der Waals surface area contributed by atoms with Crippen LogP contribution < -0.4 is 5.32 Å². The Hall–Kier alpha value is -1.71. The molecule has 1 amide bonds. The number of thiazole rings is 1. The zero-order valence-corrected chi connectivity index (χ0v) is 10.7. The van der Waals surface area contributed by atoms with Gasteiger partial charge in [-0.15, -0.1) is 22.7 Å². The number of carbonyl (C=O) groups is 1. The third-order valence-electron chi connectivity index (χ3n) is 1.96. The van der Waals surface area contributed by atoms with Gasteiger partial charge in [0.1, 0.15) is 10.9 Å². The molecule has 6 heteroatoms. The van der Waals surface area contributed by atoms with E-state index in [1.807, 2.05) is 12.1 Å². The Morgan fingerprint density at radius 2 is 2.29 bits per heavy atom. The summed E-state index contributed by atoms with van der Waals surface area (Å²) in [4.78, 5) is 17.9. The molecule has 0 radical (unpaired) electrons. The van der Waals surface area contributed by atoms with Gasteiger partial charge in [0, 0.05) is 29.3 Å². The fourth-order valence-electron chi connectivity index (χ4n) is 1.30. The highest BCUT2D eigenvalue weighted by Crippen LogP contribution is 2.24. The topological polar surface area (TPSA) is 65.8 Å². The minimum atomic E-state index is -0.117. The van der Waals surface area contributed by atoms with Crippen LogP contribution in [0.1, 0.15) is 21.6 Å². The maximum absolute atomic E-state index is 10.8. The van der Waals surface area contributed by atoms with E-state index in [2.05, 4.69) is 16.4 Å². The van der Waals surface area contributed by atoms with E-state index in [0.717, 1.165) is 16.2 Å². The molecule has 0 aromatic carbocycles. The van der Waals surface area contributed by atoms with Gasteiger partial charge in [0.2, 0.25) is 5.91 Å². The Morgan fingerprint density at radius 1 is 1.47 bits per heavy atom. The van der Waals surface area contributed by atoms with Crippen molar-refractivity contribution in [2.24, 2.45) is 0 Å². The molecule has 0 saturated heterocycles. The molecule has 0 bridgehead atoms. The molecule has 0 atom stereocenters. The van der Waals surface area contributed by atoms with E-state index < -0.39 is 0 Å². The molecular formula is C11H9N3OS2. The highest BCUT2D eigenvalue weighted by Gasteiger charge is 2.06. The molecule has 86 valence electrons. The Kier molecular flexibility index (Phi) is 3.52. The van der Waals surface area contributed by atoms with Gasteiger partial charge >= 0.3 is 0 Å². The van der Waals surface area contributed by atoms with Gasteiger partial charge < -0.3 is 5.32 Å². The quantitative estimate of drug-likeness (QED) is 0.925. The first-order chi connectivity index (χ1) is 8.17. The number of carbonyl (C=O) groups excluding carboxylic acids is 1. The van der Waals surface area contributed by atoms with Crippen molar-refractivity contribution < 1.29 is 4.79 Å². The third-order valence-corrected chi connectivity index (χ3v) is 3.86. The lowest BCUT2D eigenvalue weighted by Gasteiger charge is -1.93. The maximum Gasteiger partial charge on any atom is 0.223 e. The molecule has 0 aliphatic carbocycles. The SMILES string of the molecule is CC(=O)Nc1ncc(Cc2ccc(C#N)s2)s1. The van der Waals surface area contributed by atoms with E-state index >= 15 is 0 Å². The molecule has 1 N–H and O–H groups in total. The second-order valence-corrected chi connectivity index (χ2v) is 5.65. The van der Waals surface area contributed by atoms with Crippen molar-refractivity contribution in [1.29, 1.82) is 5.26 Å². The Morgan fingerprint density at radius 3 is 2.94 bits per heavy atom. The number of hydrogen-bond donors (Lipinski definition) is 1. The largest absolute Gasteiger partial charge is 0.302 e. The van der Waals surface area contributed by atoms with Crippen molar-refractivity contribution in [3.05, 3.63) is 33.0 Å². The summed E-state index contributed by atoms with van der Waals surface area (Å²) in [6.45, 7) is 1.46.